The molecule has 0 saturated carbocycles. The Hall–Kier alpha value is -2.54. The number of benzene rings is 2. The molecule has 0 saturated heterocycles. The number of nitro groups is 1. The standard InChI is InChI=1S/C16H15NO5S/c1-23-15-8-2-12(3-9-15)10-22-16(18)11-21-14-6-4-13(5-7-14)17(19)20/h2-9H,10-11H2,1H3. The van der Waals surface area contributed by atoms with Gasteiger partial charge in [0.15, 0.2) is 6.61 Å². The van der Waals surface area contributed by atoms with Crippen molar-refractivity contribution in [2.45, 2.75) is 11.5 Å². The summed E-state index contributed by atoms with van der Waals surface area (Å²) >= 11 is 1.64. The summed E-state index contributed by atoms with van der Waals surface area (Å²) in [4.78, 5) is 22.8. The number of rotatable bonds is 7. The third-order valence-corrected chi connectivity index (χ3v) is 3.71. The lowest BCUT2D eigenvalue weighted by atomic mass is 10.2. The Bertz CT molecular complexity index is 670. The highest BCUT2D eigenvalue weighted by Gasteiger charge is 2.07. The van der Waals surface area contributed by atoms with Crippen LogP contribution >= 0.6 is 11.8 Å². The summed E-state index contributed by atoms with van der Waals surface area (Å²) in [6, 6.07) is 13.2. The second kappa shape index (κ2) is 8.19. The molecule has 0 fully saturated rings. The summed E-state index contributed by atoms with van der Waals surface area (Å²) in [5.74, 6) is -0.130. The number of thioether (sulfide) groups is 1. The first-order valence-electron chi connectivity index (χ1n) is 6.74. The van der Waals surface area contributed by atoms with Gasteiger partial charge in [-0.25, -0.2) is 4.79 Å². The Kier molecular flexibility index (Phi) is 5.99. The van der Waals surface area contributed by atoms with Crippen molar-refractivity contribution in [2.24, 2.45) is 0 Å². The maximum Gasteiger partial charge on any atom is 0.344 e. The smallest absolute Gasteiger partial charge is 0.344 e. The molecule has 120 valence electrons. The summed E-state index contributed by atoms with van der Waals surface area (Å²) in [6.07, 6.45) is 1.99. The fourth-order valence-corrected chi connectivity index (χ4v) is 2.14. The van der Waals surface area contributed by atoms with Gasteiger partial charge in [-0.15, -0.1) is 11.8 Å². The largest absolute Gasteiger partial charge is 0.482 e. The molecule has 0 heterocycles. The van der Waals surface area contributed by atoms with Crippen LogP contribution in [0.2, 0.25) is 0 Å². The number of esters is 1. The minimum absolute atomic E-state index is 0.0337. The summed E-state index contributed by atoms with van der Waals surface area (Å²) in [7, 11) is 0. The van der Waals surface area contributed by atoms with E-state index in [0.717, 1.165) is 10.5 Å². The molecular formula is C16H15NO5S. The molecule has 0 bridgehead atoms. The second-order valence-corrected chi connectivity index (χ2v) is 5.43. The molecule has 0 amide bonds. The fraction of sp³-hybridized carbons (Fsp3) is 0.188. The molecule has 0 aliphatic heterocycles. The highest BCUT2D eigenvalue weighted by Crippen LogP contribution is 2.17. The molecule has 0 N–H and O–H groups in total. The Morgan fingerprint density at radius 2 is 1.78 bits per heavy atom. The summed E-state index contributed by atoms with van der Waals surface area (Å²) in [6.45, 7) is -0.0716. The number of hydrogen-bond acceptors (Lipinski definition) is 6. The molecule has 6 nitrogen and oxygen atoms in total. The van der Waals surface area contributed by atoms with Crippen molar-refractivity contribution in [1.29, 1.82) is 0 Å². The summed E-state index contributed by atoms with van der Waals surface area (Å²) < 4.78 is 10.3. The lowest BCUT2D eigenvalue weighted by molar-refractivity contribution is -0.384. The third kappa shape index (κ3) is 5.30. The lowest BCUT2D eigenvalue weighted by Gasteiger charge is -2.07. The lowest BCUT2D eigenvalue weighted by Crippen LogP contribution is -2.14. The molecule has 0 spiro atoms. The highest BCUT2D eigenvalue weighted by molar-refractivity contribution is 7.98. The van der Waals surface area contributed by atoms with Gasteiger partial charge < -0.3 is 9.47 Å². The minimum atomic E-state index is -0.503. The molecule has 0 aliphatic carbocycles. The van der Waals surface area contributed by atoms with Crippen LogP contribution in [-0.4, -0.2) is 23.8 Å². The first-order valence-corrected chi connectivity index (χ1v) is 7.97. The van der Waals surface area contributed by atoms with Crippen molar-refractivity contribution < 1.29 is 19.2 Å². The summed E-state index contributed by atoms with van der Waals surface area (Å²) in [5, 5.41) is 10.5. The first-order chi connectivity index (χ1) is 11.1. The quantitative estimate of drug-likeness (QED) is 0.334. The molecule has 0 aliphatic rings. The van der Waals surface area contributed by atoms with E-state index >= 15 is 0 Å². The van der Waals surface area contributed by atoms with Crippen LogP contribution in [-0.2, 0) is 16.1 Å². The van der Waals surface area contributed by atoms with Gasteiger partial charge in [-0.3, -0.25) is 10.1 Å². The Balaban J connectivity index is 1.77. The fourth-order valence-electron chi connectivity index (χ4n) is 1.73. The van der Waals surface area contributed by atoms with Crippen molar-refractivity contribution in [3.05, 3.63) is 64.2 Å². The van der Waals surface area contributed by atoms with E-state index in [-0.39, 0.29) is 18.9 Å². The molecular weight excluding hydrogens is 318 g/mol. The van der Waals surface area contributed by atoms with Gasteiger partial charge in [0.1, 0.15) is 12.4 Å². The van der Waals surface area contributed by atoms with Crippen LogP contribution in [0.5, 0.6) is 5.75 Å². The maximum atomic E-state index is 11.6. The van der Waals surface area contributed by atoms with Crippen molar-refractivity contribution in [1.82, 2.24) is 0 Å². The van der Waals surface area contributed by atoms with Gasteiger partial charge in [-0.2, -0.15) is 0 Å². The van der Waals surface area contributed by atoms with E-state index in [1.165, 1.54) is 24.3 Å². The first kappa shape index (κ1) is 16.8. The number of nitrogens with zero attached hydrogens (tertiary/aromatic N) is 1. The highest BCUT2D eigenvalue weighted by atomic mass is 32.2. The van der Waals surface area contributed by atoms with Crippen molar-refractivity contribution in [3.8, 4) is 5.75 Å². The van der Waals surface area contributed by atoms with Crippen LogP contribution in [0.3, 0.4) is 0 Å². The number of non-ortho nitro benzene ring substituents is 1. The average Bonchev–Trinajstić information content (AvgIpc) is 2.59. The number of hydrogen-bond donors (Lipinski definition) is 0. The van der Waals surface area contributed by atoms with E-state index in [9.17, 15) is 14.9 Å². The van der Waals surface area contributed by atoms with Crippen LogP contribution in [0.25, 0.3) is 0 Å². The molecule has 0 aromatic heterocycles. The molecule has 23 heavy (non-hydrogen) atoms. The van der Waals surface area contributed by atoms with E-state index in [2.05, 4.69) is 0 Å². The molecule has 2 rings (SSSR count). The van der Waals surface area contributed by atoms with Gasteiger partial charge in [0.2, 0.25) is 0 Å². The van der Waals surface area contributed by atoms with E-state index in [4.69, 9.17) is 9.47 Å². The normalized spacial score (nSPS) is 10.1. The van der Waals surface area contributed by atoms with Gasteiger partial charge in [0.25, 0.3) is 5.69 Å². The Morgan fingerprint density at radius 3 is 2.35 bits per heavy atom. The molecule has 0 radical (unpaired) electrons. The molecule has 0 unspecified atom stereocenters. The predicted molar refractivity (Wildman–Crippen MR) is 86.6 cm³/mol. The third-order valence-electron chi connectivity index (χ3n) is 2.96. The second-order valence-electron chi connectivity index (χ2n) is 4.55. The number of carbonyl (C=O) groups excluding carboxylic acids is 1. The number of ether oxygens (including phenoxy) is 2. The van der Waals surface area contributed by atoms with E-state index in [1.807, 2.05) is 30.5 Å². The van der Waals surface area contributed by atoms with Crippen molar-refractivity contribution >= 4 is 23.4 Å². The van der Waals surface area contributed by atoms with Gasteiger partial charge in [-0.05, 0) is 36.1 Å². The molecule has 2 aromatic rings. The van der Waals surface area contributed by atoms with Crippen molar-refractivity contribution in [3.63, 3.8) is 0 Å². The van der Waals surface area contributed by atoms with Crippen LogP contribution in [0.4, 0.5) is 5.69 Å². The van der Waals surface area contributed by atoms with Crippen LogP contribution in [0.15, 0.2) is 53.4 Å². The maximum absolute atomic E-state index is 11.6. The monoisotopic (exact) mass is 333 g/mol. The topological polar surface area (TPSA) is 78.7 Å². The summed E-state index contributed by atoms with van der Waals surface area (Å²) in [5.41, 5.74) is 0.861. The molecule has 7 heteroatoms. The van der Waals surface area contributed by atoms with Gasteiger partial charge >= 0.3 is 5.97 Å². The zero-order valence-electron chi connectivity index (χ0n) is 12.4. The predicted octanol–water partition coefficient (Wildman–Crippen LogP) is 3.44. The Morgan fingerprint density at radius 1 is 1.13 bits per heavy atom. The van der Waals surface area contributed by atoms with E-state index in [0.29, 0.717) is 5.75 Å². The van der Waals surface area contributed by atoms with Crippen molar-refractivity contribution in [2.75, 3.05) is 12.9 Å². The number of carbonyl (C=O) groups is 1. The average molecular weight is 333 g/mol. The van der Waals surface area contributed by atoms with Gasteiger partial charge in [-0.1, -0.05) is 12.1 Å². The number of nitro benzene ring substituents is 1. The molecule has 2 aromatic carbocycles. The molecule has 0 atom stereocenters. The SMILES string of the molecule is CSc1ccc(COC(=O)COc2ccc([N+](=O)[O-])cc2)cc1. The minimum Gasteiger partial charge on any atom is -0.482 e. The van der Waals surface area contributed by atoms with Crippen LogP contribution < -0.4 is 4.74 Å². The van der Waals surface area contributed by atoms with Gasteiger partial charge in [0, 0.05) is 17.0 Å². The zero-order valence-corrected chi connectivity index (χ0v) is 13.2. The Labute approximate surface area is 137 Å². The van der Waals surface area contributed by atoms with E-state index in [1.54, 1.807) is 11.8 Å². The van der Waals surface area contributed by atoms with Crippen LogP contribution in [0.1, 0.15) is 5.56 Å². The van der Waals surface area contributed by atoms with Gasteiger partial charge in [0.05, 0.1) is 4.92 Å². The zero-order chi connectivity index (χ0) is 16.7. The van der Waals surface area contributed by atoms with E-state index < -0.39 is 10.9 Å². The van der Waals surface area contributed by atoms with Crippen LogP contribution in [0, 0.1) is 10.1 Å².